The molecule has 0 aliphatic heterocycles. The molecule has 1 unspecified atom stereocenters. The van der Waals surface area contributed by atoms with Gasteiger partial charge in [-0.25, -0.2) is 4.39 Å². The number of anilines is 1. The van der Waals surface area contributed by atoms with E-state index in [4.69, 9.17) is 10.5 Å². The zero-order valence-electron chi connectivity index (χ0n) is 13.6. The molecule has 2 aromatic rings. The molecule has 1 amide bonds. The predicted octanol–water partition coefficient (Wildman–Crippen LogP) is 3.57. The first kappa shape index (κ1) is 16.5. The molecule has 0 heterocycles. The highest BCUT2D eigenvalue weighted by molar-refractivity contribution is 5.98. The molecule has 4 nitrogen and oxygen atoms in total. The molecule has 2 aromatic carbocycles. The SMILES string of the molecule is CC(N)(C(=O)Nc1ccc(OC2CCC2)c(F)c1)c1ccccc1. The lowest BCUT2D eigenvalue weighted by molar-refractivity contribution is -0.120. The van der Waals surface area contributed by atoms with Gasteiger partial charge in [-0.2, -0.15) is 0 Å². The first-order valence-corrected chi connectivity index (χ1v) is 8.09. The van der Waals surface area contributed by atoms with E-state index in [0.717, 1.165) is 19.3 Å². The number of nitrogens with one attached hydrogen (secondary N) is 1. The van der Waals surface area contributed by atoms with Crippen molar-refractivity contribution in [3.05, 3.63) is 59.9 Å². The molecule has 0 saturated heterocycles. The van der Waals surface area contributed by atoms with Gasteiger partial charge in [0, 0.05) is 11.8 Å². The van der Waals surface area contributed by atoms with E-state index in [1.807, 2.05) is 18.2 Å². The maximum absolute atomic E-state index is 14.1. The van der Waals surface area contributed by atoms with Crippen LogP contribution in [0.15, 0.2) is 48.5 Å². The van der Waals surface area contributed by atoms with Crippen molar-refractivity contribution in [2.24, 2.45) is 5.73 Å². The maximum atomic E-state index is 14.1. The van der Waals surface area contributed by atoms with Gasteiger partial charge in [-0.1, -0.05) is 30.3 Å². The van der Waals surface area contributed by atoms with Crippen molar-refractivity contribution >= 4 is 11.6 Å². The second-order valence-electron chi connectivity index (χ2n) is 6.34. The van der Waals surface area contributed by atoms with Crippen molar-refractivity contribution in [2.75, 3.05) is 5.32 Å². The summed E-state index contributed by atoms with van der Waals surface area (Å²) < 4.78 is 19.7. The van der Waals surface area contributed by atoms with Gasteiger partial charge in [0.15, 0.2) is 11.6 Å². The Morgan fingerprint density at radius 1 is 1.25 bits per heavy atom. The number of amides is 1. The summed E-state index contributed by atoms with van der Waals surface area (Å²) in [4.78, 5) is 12.5. The van der Waals surface area contributed by atoms with Crippen LogP contribution >= 0.6 is 0 Å². The van der Waals surface area contributed by atoms with Gasteiger partial charge < -0.3 is 15.8 Å². The van der Waals surface area contributed by atoms with Gasteiger partial charge in [0.2, 0.25) is 5.91 Å². The fourth-order valence-electron chi connectivity index (χ4n) is 2.52. The van der Waals surface area contributed by atoms with Crippen LogP contribution in [0.1, 0.15) is 31.7 Å². The molecule has 0 bridgehead atoms. The molecule has 0 spiro atoms. The third kappa shape index (κ3) is 3.41. The van der Waals surface area contributed by atoms with Crippen LogP contribution in [0.5, 0.6) is 5.75 Å². The molecule has 1 aliphatic rings. The zero-order chi connectivity index (χ0) is 17.2. The Bertz CT molecular complexity index is 727. The molecule has 126 valence electrons. The van der Waals surface area contributed by atoms with E-state index in [-0.39, 0.29) is 11.9 Å². The summed E-state index contributed by atoms with van der Waals surface area (Å²) in [5, 5.41) is 2.67. The molecule has 0 radical (unpaired) electrons. The van der Waals surface area contributed by atoms with Crippen LogP contribution in [0.4, 0.5) is 10.1 Å². The Morgan fingerprint density at radius 3 is 2.54 bits per heavy atom. The Morgan fingerprint density at radius 2 is 1.96 bits per heavy atom. The molecule has 0 aromatic heterocycles. The number of nitrogens with two attached hydrogens (primary N) is 1. The lowest BCUT2D eigenvalue weighted by atomic mass is 9.92. The molecule has 3 rings (SSSR count). The Labute approximate surface area is 140 Å². The molecule has 5 heteroatoms. The monoisotopic (exact) mass is 328 g/mol. The Hall–Kier alpha value is -2.40. The molecule has 1 saturated carbocycles. The van der Waals surface area contributed by atoms with Crippen molar-refractivity contribution in [3.63, 3.8) is 0 Å². The Balaban J connectivity index is 1.71. The largest absolute Gasteiger partial charge is 0.487 e. The second kappa shape index (κ2) is 6.61. The van der Waals surface area contributed by atoms with Crippen LogP contribution < -0.4 is 15.8 Å². The van der Waals surface area contributed by atoms with E-state index in [9.17, 15) is 9.18 Å². The average molecular weight is 328 g/mol. The topological polar surface area (TPSA) is 64.4 Å². The van der Waals surface area contributed by atoms with Crippen molar-refractivity contribution in [2.45, 2.75) is 37.8 Å². The lowest BCUT2D eigenvalue weighted by Gasteiger charge is -2.27. The molecular weight excluding hydrogens is 307 g/mol. The van der Waals surface area contributed by atoms with Crippen LogP contribution in [-0.4, -0.2) is 12.0 Å². The van der Waals surface area contributed by atoms with Gasteiger partial charge in [-0.3, -0.25) is 4.79 Å². The number of halogens is 1. The van der Waals surface area contributed by atoms with Gasteiger partial charge >= 0.3 is 0 Å². The van der Waals surface area contributed by atoms with Gasteiger partial charge in [0.05, 0.1) is 6.10 Å². The minimum Gasteiger partial charge on any atom is -0.487 e. The van der Waals surface area contributed by atoms with Crippen molar-refractivity contribution in [3.8, 4) is 5.75 Å². The van der Waals surface area contributed by atoms with Gasteiger partial charge in [0.25, 0.3) is 0 Å². The predicted molar refractivity (Wildman–Crippen MR) is 91.3 cm³/mol. The molecule has 3 N–H and O–H groups in total. The summed E-state index contributed by atoms with van der Waals surface area (Å²) >= 11 is 0. The average Bonchev–Trinajstić information content (AvgIpc) is 2.53. The van der Waals surface area contributed by atoms with Crippen LogP contribution in [0.2, 0.25) is 0 Å². The summed E-state index contributed by atoms with van der Waals surface area (Å²) in [6, 6.07) is 13.5. The highest BCUT2D eigenvalue weighted by atomic mass is 19.1. The molecular formula is C19H21FN2O2. The highest BCUT2D eigenvalue weighted by Gasteiger charge is 2.30. The number of carbonyl (C=O) groups excluding carboxylic acids is 1. The second-order valence-corrected chi connectivity index (χ2v) is 6.34. The van der Waals surface area contributed by atoms with Crippen molar-refractivity contribution in [1.82, 2.24) is 0 Å². The minimum absolute atomic E-state index is 0.102. The summed E-state index contributed by atoms with van der Waals surface area (Å²) in [5.74, 6) is -0.671. The van der Waals surface area contributed by atoms with E-state index in [1.165, 1.54) is 6.07 Å². The van der Waals surface area contributed by atoms with E-state index in [0.29, 0.717) is 11.3 Å². The van der Waals surface area contributed by atoms with Gasteiger partial charge in [0.1, 0.15) is 5.54 Å². The summed E-state index contributed by atoms with van der Waals surface area (Å²) in [6.07, 6.45) is 3.14. The smallest absolute Gasteiger partial charge is 0.248 e. The van der Waals surface area contributed by atoms with Gasteiger partial charge in [-0.05, 0) is 43.9 Å². The standard InChI is InChI=1S/C19H21FN2O2/c1-19(21,13-6-3-2-4-7-13)18(23)22-14-10-11-17(16(20)12-14)24-15-8-5-9-15/h2-4,6-7,10-12,15H,5,8-9,21H2,1H3,(H,22,23). The normalized spacial score (nSPS) is 16.8. The van der Waals surface area contributed by atoms with Crippen molar-refractivity contribution < 1.29 is 13.9 Å². The summed E-state index contributed by atoms with van der Waals surface area (Å²) in [5.41, 5.74) is 5.99. The van der Waals surface area contributed by atoms with E-state index >= 15 is 0 Å². The summed E-state index contributed by atoms with van der Waals surface area (Å²) in [6.45, 7) is 1.63. The Kier molecular flexibility index (Phi) is 4.53. The van der Waals surface area contributed by atoms with Crippen LogP contribution in [0.3, 0.4) is 0 Å². The fourth-order valence-corrected chi connectivity index (χ4v) is 2.52. The van der Waals surface area contributed by atoms with Crippen LogP contribution in [0, 0.1) is 5.82 Å². The number of hydrogen-bond acceptors (Lipinski definition) is 3. The minimum atomic E-state index is -1.21. The molecule has 1 aliphatic carbocycles. The third-order valence-electron chi connectivity index (χ3n) is 4.38. The zero-order valence-corrected chi connectivity index (χ0v) is 13.6. The van der Waals surface area contributed by atoms with Crippen molar-refractivity contribution in [1.29, 1.82) is 0 Å². The van der Waals surface area contributed by atoms with E-state index in [1.54, 1.807) is 31.2 Å². The van der Waals surface area contributed by atoms with E-state index in [2.05, 4.69) is 5.32 Å². The maximum Gasteiger partial charge on any atom is 0.248 e. The first-order valence-electron chi connectivity index (χ1n) is 8.09. The molecule has 1 atom stereocenters. The first-order chi connectivity index (χ1) is 11.5. The van der Waals surface area contributed by atoms with Crippen LogP contribution in [0.25, 0.3) is 0 Å². The number of rotatable bonds is 5. The van der Waals surface area contributed by atoms with Crippen LogP contribution in [-0.2, 0) is 10.3 Å². The van der Waals surface area contributed by atoms with Gasteiger partial charge in [-0.15, -0.1) is 0 Å². The quantitative estimate of drug-likeness (QED) is 0.882. The molecule has 1 fully saturated rings. The summed E-state index contributed by atoms with van der Waals surface area (Å²) in [7, 11) is 0. The number of benzene rings is 2. The number of ether oxygens (including phenoxy) is 1. The number of hydrogen-bond donors (Lipinski definition) is 2. The fraction of sp³-hybridized carbons (Fsp3) is 0.316. The molecule has 24 heavy (non-hydrogen) atoms. The number of carbonyl (C=O) groups is 1. The highest BCUT2D eigenvalue weighted by Crippen LogP contribution is 2.29. The lowest BCUT2D eigenvalue weighted by Crippen LogP contribution is -2.45. The third-order valence-corrected chi connectivity index (χ3v) is 4.38. The van der Waals surface area contributed by atoms with E-state index < -0.39 is 17.3 Å².